The van der Waals surface area contributed by atoms with Crippen LogP contribution in [0.2, 0.25) is 0 Å². The summed E-state index contributed by atoms with van der Waals surface area (Å²) >= 11 is 0. The molecule has 1 fully saturated rings. The van der Waals surface area contributed by atoms with E-state index in [2.05, 4.69) is 10.3 Å². The molecule has 2 aliphatic rings. The third kappa shape index (κ3) is 7.42. The minimum Gasteiger partial charge on any atom is -0.481 e. The maximum atomic E-state index is 12.7. The fourth-order valence-electron chi connectivity index (χ4n) is 5.32. The van der Waals surface area contributed by atoms with Crippen molar-refractivity contribution >= 4 is 17.8 Å². The zero-order valence-corrected chi connectivity index (χ0v) is 21.1. The summed E-state index contributed by atoms with van der Waals surface area (Å²) in [6.07, 6.45) is 11.6. The number of hydrogen-bond donors (Lipinski definition) is 2. The number of nitrogens with one attached hydrogen (secondary N) is 1. The molecular formula is C30H38N2O4. The summed E-state index contributed by atoms with van der Waals surface area (Å²) in [6.45, 7) is 0.948. The van der Waals surface area contributed by atoms with Crippen molar-refractivity contribution < 1.29 is 19.4 Å². The van der Waals surface area contributed by atoms with Gasteiger partial charge in [-0.25, -0.2) is 4.99 Å². The molecule has 1 unspecified atom stereocenters. The van der Waals surface area contributed by atoms with Gasteiger partial charge in [-0.15, -0.1) is 0 Å². The molecule has 1 saturated carbocycles. The Labute approximate surface area is 214 Å². The highest BCUT2D eigenvalue weighted by Gasteiger charge is 2.27. The molecule has 1 aliphatic carbocycles. The van der Waals surface area contributed by atoms with E-state index < -0.39 is 12.0 Å². The summed E-state index contributed by atoms with van der Waals surface area (Å²) in [5.41, 5.74) is 4.05. The second-order valence-electron chi connectivity index (χ2n) is 10.0. The predicted molar refractivity (Wildman–Crippen MR) is 141 cm³/mol. The Bertz CT molecular complexity index is 1060. The van der Waals surface area contributed by atoms with Gasteiger partial charge in [-0.3, -0.25) is 9.59 Å². The molecule has 2 N–H and O–H groups in total. The molecule has 0 radical (unpaired) electrons. The Hall–Kier alpha value is -3.15. The Balaban J connectivity index is 1.32. The lowest BCUT2D eigenvalue weighted by Gasteiger charge is -2.21. The van der Waals surface area contributed by atoms with Crippen molar-refractivity contribution in [3.63, 3.8) is 0 Å². The van der Waals surface area contributed by atoms with Gasteiger partial charge in [0.2, 0.25) is 11.8 Å². The maximum Gasteiger partial charge on any atom is 0.303 e. The highest BCUT2D eigenvalue weighted by Crippen LogP contribution is 2.27. The van der Waals surface area contributed by atoms with Crippen LogP contribution in [0.15, 0.2) is 53.5 Å². The monoisotopic (exact) mass is 490 g/mol. The average molecular weight is 491 g/mol. The van der Waals surface area contributed by atoms with Crippen LogP contribution in [0.5, 0.6) is 0 Å². The van der Waals surface area contributed by atoms with E-state index in [-0.39, 0.29) is 18.9 Å². The van der Waals surface area contributed by atoms with Gasteiger partial charge in [0.05, 0.1) is 0 Å². The molecule has 192 valence electrons. The lowest BCUT2D eigenvalue weighted by Crippen LogP contribution is -2.34. The summed E-state index contributed by atoms with van der Waals surface area (Å²) in [7, 11) is 0. The van der Waals surface area contributed by atoms with Gasteiger partial charge < -0.3 is 15.2 Å². The number of aliphatic imine (C=N–C) groups is 1. The van der Waals surface area contributed by atoms with Gasteiger partial charge >= 0.3 is 5.97 Å². The number of aliphatic carboxylic acids is 1. The molecule has 1 aliphatic heterocycles. The minimum atomic E-state index is -0.799. The van der Waals surface area contributed by atoms with E-state index in [1.165, 1.54) is 44.9 Å². The number of ether oxygens (including phenoxy) is 1. The number of unbranched alkanes of at least 4 members (excludes halogenated alkanes) is 1. The molecule has 1 heterocycles. The number of carbonyl (C=O) groups excluding carboxylic acids is 1. The Kier molecular flexibility index (Phi) is 9.54. The Morgan fingerprint density at radius 2 is 1.67 bits per heavy atom. The molecule has 0 bridgehead atoms. The molecule has 6 nitrogen and oxygen atoms in total. The third-order valence-corrected chi connectivity index (χ3v) is 7.37. The number of benzene rings is 2. The first-order valence-corrected chi connectivity index (χ1v) is 13.5. The van der Waals surface area contributed by atoms with Crippen molar-refractivity contribution in [3.8, 4) is 0 Å². The number of carboxylic acid groups (broad SMARTS) is 1. The van der Waals surface area contributed by atoms with Gasteiger partial charge in [0.1, 0.15) is 6.61 Å². The molecule has 6 heteroatoms. The van der Waals surface area contributed by atoms with E-state index in [0.29, 0.717) is 25.3 Å². The van der Waals surface area contributed by atoms with Crippen molar-refractivity contribution in [1.29, 1.82) is 0 Å². The zero-order chi connectivity index (χ0) is 25.2. The molecule has 0 saturated heterocycles. The number of carboxylic acids is 1. The van der Waals surface area contributed by atoms with Crippen LogP contribution < -0.4 is 5.32 Å². The topological polar surface area (TPSA) is 88.0 Å². The highest BCUT2D eigenvalue weighted by atomic mass is 16.5. The first-order valence-electron chi connectivity index (χ1n) is 13.5. The number of aryl methyl sites for hydroxylation is 1. The molecular weight excluding hydrogens is 452 g/mol. The van der Waals surface area contributed by atoms with Crippen LogP contribution in [0.3, 0.4) is 0 Å². The molecule has 0 aromatic heterocycles. The van der Waals surface area contributed by atoms with E-state index in [4.69, 9.17) is 9.84 Å². The standard InChI is InChI=1S/C30H38N2O4/c33-28(34)18-17-23-13-4-5-14-24(23)20-25-15-6-7-16-26(25)30-32-27(21-36-30)29(35)31-19-9-8-12-22-10-2-1-3-11-22/h4-7,13-16,22,27H,1-3,8-12,17-21H2,(H,31,35)(H,33,34). The fourth-order valence-corrected chi connectivity index (χ4v) is 5.32. The van der Waals surface area contributed by atoms with E-state index in [1.54, 1.807) is 0 Å². The molecule has 1 atom stereocenters. The SMILES string of the molecule is O=C(O)CCc1ccccc1Cc1ccccc1C1=NC(C(=O)NCCCCC2CCCCC2)CO1. The van der Waals surface area contributed by atoms with Crippen LogP contribution in [-0.2, 0) is 27.2 Å². The van der Waals surface area contributed by atoms with Crippen LogP contribution >= 0.6 is 0 Å². The van der Waals surface area contributed by atoms with Crippen molar-refractivity contribution in [2.45, 2.75) is 76.7 Å². The average Bonchev–Trinajstić information content (AvgIpc) is 3.39. The number of amides is 1. The minimum absolute atomic E-state index is 0.0702. The van der Waals surface area contributed by atoms with E-state index in [0.717, 1.165) is 34.6 Å². The van der Waals surface area contributed by atoms with Crippen LogP contribution in [0, 0.1) is 5.92 Å². The second-order valence-corrected chi connectivity index (χ2v) is 10.0. The van der Waals surface area contributed by atoms with Gasteiger partial charge in [0.15, 0.2) is 6.04 Å². The van der Waals surface area contributed by atoms with Crippen LogP contribution in [0.1, 0.15) is 80.0 Å². The molecule has 36 heavy (non-hydrogen) atoms. The molecule has 1 amide bonds. The van der Waals surface area contributed by atoms with E-state index in [1.807, 2.05) is 48.5 Å². The smallest absolute Gasteiger partial charge is 0.303 e. The fraction of sp³-hybridized carbons (Fsp3) is 0.500. The maximum absolute atomic E-state index is 12.7. The van der Waals surface area contributed by atoms with Gasteiger partial charge in [-0.05, 0) is 47.9 Å². The predicted octanol–water partition coefficient (Wildman–Crippen LogP) is 5.31. The molecule has 2 aromatic carbocycles. The number of hydrogen-bond acceptors (Lipinski definition) is 4. The number of rotatable bonds is 12. The highest BCUT2D eigenvalue weighted by molar-refractivity contribution is 5.99. The van der Waals surface area contributed by atoms with Crippen molar-refractivity contribution in [3.05, 3.63) is 70.8 Å². The van der Waals surface area contributed by atoms with Gasteiger partial charge in [0, 0.05) is 18.5 Å². The third-order valence-electron chi connectivity index (χ3n) is 7.37. The van der Waals surface area contributed by atoms with Crippen LogP contribution in [0.25, 0.3) is 0 Å². The van der Waals surface area contributed by atoms with Gasteiger partial charge in [0.25, 0.3) is 0 Å². The molecule has 0 spiro atoms. The summed E-state index contributed by atoms with van der Waals surface area (Å²) in [5, 5.41) is 12.1. The van der Waals surface area contributed by atoms with Gasteiger partial charge in [-0.2, -0.15) is 0 Å². The lowest BCUT2D eigenvalue weighted by molar-refractivity contribution is -0.137. The lowest BCUT2D eigenvalue weighted by atomic mass is 9.86. The van der Waals surface area contributed by atoms with Crippen molar-refractivity contribution in [2.24, 2.45) is 10.9 Å². The quantitative estimate of drug-likeness (QED) is 0.395. The summed E-state index contributed by atoms with van der Waals surface area (Å²) < 4.78 is 5.88. The molecule has 2 aromatic rings. The first-order chi connectivity index (χ1) is 17.6. The Morgan fingerprint density at radius 1 is 0.944 bits per heavy atom. The van der Waals surface area contributed by atoms with E-state index in [9.17, 15) is 9.59 Å². The largest absolute Gasteiger partial charge is 0.481 e. The summed E-state index contributed by atoms with van der Waals surface area (Å²) in [5.74, 6) is 0.520. The second kappa shape index (κ2) is 13.2. The van der Waals surface area contributed by atoms with Crippen molar-refractivity contribution in [2.75, 3.05) is 13.2 Å². The number of carbonyl (C=O) groups is 2. The summed E-state index contributed by atoms with van der Waals surface area (Å²) in [4.78, 5) is 28.4. The first kappa shape index (κ1) is 25.9. The number of nitrogens with zero attached hydrogens (tertiary/aromatic N) is 1. The Morgan fingerprint density at radius 3 is 2.44 bits per heavy atom. The van der Waals surface area contributed by atoms with Gasteiger partial charge in [-0.1, -0.05) is 87.4 Å². The van der Waals surface area contributed by atoms with Crippen LogP contribution in [0.4, 0.5) is 0 Å². The zero-order valence-electron chi connectivity index (χ0n) is 21.1. The van der Waals surface area contributed by atoms with E-state index >= 15 is 0 Å². The summed E-state index contributed by atoms with van der Waals surface area (Å²) in [6, 6.07) is 15.3. The normalized spacial score (nSPS) is 17.9. The van der Waals surface area contributed by atoms with Crippen LogP contribution in [-0.4, -0.2) is 42.1 Å². The molecule has 4 rings (SSSR count). The van der Waals surface area contributed by atoms with Crippen molar-refractivity contribution in [1.82, 2.24) is 5.32 Å².